The number of hydrogen-bond donors (Lipinski definition) is 1. The van der Waals surface area contributed by atoms with Crippen molar-refractivity contribution < 1.29 is 9.53 Å². The van der Waals surface area contributed by atoms with Gasteiger partial charge in [0.05, 0.1) is 49.6 Å². The Labute approximate surface area is 149 Å². The number of anilines is 3. The van der Waals surface area contributed by atoms with Crippen LogP contribution in [-0.2, 0) is 16.6 Å². The summed E-state index contributed by atoms with van der Waals surface area (Å²) in [6.45, 7) is 2.86. The fourth-order valence-corrected chi connectivity index (χ4v) is 3.36. The van der Waals surface area contributed by atoms with Crippen LogP contribution in [0.5, 0.6) is 0 Å². The molecule has 2 aliphatic rings. The number of aromatic nitrogens is 4. The number of halogens is 1. The molecule has 2 aromatic heterocycles. The van der Waals surface area contributed by atoms with Crippen LogP contribution in [0.1, 0.15) is 0 Å². The third-order valence-corrected chi connectivity index (χ3v) is 4.50. The summed E-state index contributed by atoms with van der Waals surface area (Å²) in [6, 6.07) is 0.137. The van der Waals surface area contributed by atoms with E-state index in [2.05, 4.69) is 25.3 Å². The minimum Gasteiger partial charge on any atom is -0.377 e. The van der Waals surface area contributed by atoms with E-state index < -0.39 is 0 Å². The number of amides is 1. The largest absolute Gasteiger partial charge is 0.377 e. The van der Waals surface area contributed by atoms with Crippen molar-refractivity contribution in [2.24, 2.45) is 7.05 Å². The molecule has 10 heteroatoms. The average molecular weight is 364 g/mol. The SMILES string of the molecule is Cn1cc(NC(=O)CN2CC3COCCN3c3nc(Cl)ncc32)cn1. The Kier molecular flexibility index (Phi) is 4.18. The van der Waals surface area contributed by atoms with Gasteiger partial charge in [0.1, 0.15) is 0 Å². The molecule has 0 aliphatic carbocycles. The van der Waals surface area contributed by atoms with Gasteiger partial charge in [-0.25, -0.2) is 4.98 Å². The summed E-state index contributed by atoms with van der Waals surface area (Å²) in [6.07, 6.45) is 5.04. The topological polar surface area (TPSA) is 88.4 Å². The lowest BCUT2D eigenvalue weighted by Gasteiger charge is -2.45. The number of nitrogens with zero attached hydrogens (tertiary/aromatic N) is 6. The van der Waals surface area contributed by atoms with Gasteiger partial charge in [0, 0.05) is 26.3 Å². The molecule has 0 bridgehead atoms. The monoisotopic (exact) mass is 363 g/mol. The van der Waals surface area contributed by atoms with Crippen LogP contribution in [0.25, 0.3) is 0 Å². The van der Waals surface area contributed by atoms with Gasteiger partial charge in [-0.2, -0.15) is 10.1 Å². The molecule has 4 rings (SSSR count). The van der Waals surface area contributed by atoms with Crippen molar-refractivity contribution >= 4 is 34.7 Å². The quantitative estimate of drug-likeness (QED) is 0.795. The molecule has 1 amide bonds. The van der Waals surface area contributed by atoms with Crippen molar-refractivity contribution in [3.63, 3.8) is 0 Å². The van der Waals surface area contributed by atoms with E-state index in [-0.39, 0.29) is 23.8 Å². The first-order chi connectivity index (χ1) is 12.1. The molecule has 1 atom stereocenters. The number of rotatable bonds is 3. The number of nitrogens with one attached hydrogen (secondary N) is 1. The highest BCUT2D eigenvalue weighted by molar-refractivity contribution is 6.28. The fraction of sp³-hybridized carbons (Fsp3) is 0.467. The van der Waals surface area contributed by atoms with Crippen molar-refractivity contribution in [3.05, 3.63) is 23.9 Å². The van der Waals surface area contributed by atoms with Crippen LogP contribution in [0.2, 0.25) is 5.28 Å². The molecule has 25 heavy (non-hydrogen) atoms. The minimum absolute atomic E-state index is 0.126. The Morgan fingerprint density at radius 1 is 1.48 bits per heavy atom. The lowest BCUT2D eigenvalue weighted by molar-refractivity contribution is -0.115. The molecular formula is C15H18ClN7O2. The van der Waals surface area contributed by atoms with Crippen LogP contribution in [-0.4, -0.2) is 64.5 Å². The van der Waals surface area contributed by atoms with Gasteiger partial charge in [-0.05, 0) is 11.6 Å². The number of hydrogen-bond acceptors (Lipinski definition) is 7. The highest BCUT2D eigenvalue weighted by Gasteiger charge is 2.35. The maximum absolute atomic E-state index is 12.4. The second-order valence-corrected chi connectivity index (χ2v) is 6.44. The minimum atomic E-state index is -0.126. The van der Waals surface area contributed by atoms with Gasteiger partial charge in [0.15, 0.2) is 5.82 Å². The molecular weight excluding hydrogens is 346 g/mol. The second kappa shape index (κ2) is 6.49. The smallest absolute Gasteiger partial charge is 0.243 e. The van der Waals surface area contributed by atoms with Crippen LogP contribution in [0.3, 0.4) is 0 Å². The van der Waals surface area contributed by atoms with E-state index in [4.69, 9.17) is 16.3 Å². The predicted octanol–water partition coefficient (Wildman–Crippen LogP) is 0.527. The lowest BCUT2D eigenvalue weighted by atomic mass is 10.1. The molecule has 1 fully saturated rings. The molecule has 0 saturated carbocycles. The molecule has 1 saturated heterocycles. The summed E-state index contributed by atoms with van der Waals surface area (Å²) in [5.74, 6) is 0.632. The van der Waals surface area contributed by atoms with Crippen LogP contribution >= 0.6 is 11.6 Å². The molecule has 0 spiro atoms. The van der Waals surface area contributed by atoms with Gasteiger partial charge in [-0.15, -0.1) is 0 Å². The number of ether oxygens (including phenoxy) is 1. The predicted molar refractivity (Wildman–Crippen MR) is 93.0 cm³/mol. The second-order valence-electron chi connectivity index (χ2n) is 6.10. The Hall–Kier alpha value is -2.39. The summed E-state index contributed by atoms with van der Waals surface area (Å²) in [5.41, 5.74) is 1.48. The highest BCUT2D eigenvalue weighted by atomic mass is 35.5. The number of carbonyl (C=O) groups is 1. The van der Waals surface area contributed by atoms with E-state index >= 15 is 0 Å². The molecule has 4 heterocycles. The molecule has 1 unspecified atom stereocenters. The maximum atomic E-state index is 12.4. The van der Waals surface area contributed by atoms with Gasteiger partial charge in [-0.1, -0.05) is 0 Å². The zero-order chi connectivity index (χ0) is 17.4. The summed E-state index contributed by atoms with van der Waals surface area (Å²) in [5, 5.41) is 7.09. The Bertz CT molecular complexity index is 796. The van der Waals surface area contributed by atoms with Gasteiger partial charge in [0.2, 0.25) is 11.2 Å². The zero-order valence-corrected chi connectivity index (χ0v) is 14.5. The summed E-state index contributed by atoms with van der Waals surface area (Å²) in [7, 11) is 1.80. The summed E-state index contributed by atoms with van der Waals surface area (Å²) >= 11 is 5.98. The molecule has 132 valence electrons. The van der Waals surface area contributed by atoms with E-state index in [1.54, 1.807) is 30.3 Å². The standard InChI is InChI=1S/C15H18ClN7O2/c1-21-6-10(4-18-21)19-13(24)8-22-7-11-9-25-3-2-23(11)14-12(22)5-17-15(16)20-14/h4-6,11H,2-3,7-9H2,1H3,(H,19,24). The normalized spacial score (nSPS) is 19.4. The van der Waals surface area contributed by atoms with E-state index in [1.165, 1.54) is 0 Å². The van der Waals surface area contributed by atoms with Gasteiger partial charge >= 0.3 is 0 Å². The third kappa shape index (κ3) is 3.24. The molecule has 2 aromatic rings. The highest BCUT2D eigenvalue weighted by Crippen LogP contribution is 2.34. The first kappa shape index (κ1) is 16.1. The Balaban J connectivity index is 1.55. The molecule has 1 N–H and O–H groups in total. The molecule has 2 aliphatic heterocycles. The lowest BCUT2D eigenvalue weighted by Crippen LogP contribution is -2.56. The van der Waals surface area contributed by atoms with Gasteiger partial charge < -0.3 is 19.9 Å². The third-order valence-electron chi connectivity index (χ3n) is 4.32. The Morgan fingerprint density at radius 3 is 3.16 bits per heavy atom. The summed E-state index contributed by atoms with van der Waals surface area (Å²) < 4.78 is 7.22. The average Bonchev–Trinajstić information content (AvgIpc) is 2.99. The number of morpholine rings is 1. The first-order valence-corrected chi connectivity index (χ1v) is 8.38. The van der Waals surface area contributed by atoms with E-state index in [0.717, 1.165) is 18.1 Å². The molecule has 9 nitrogen and oxygen atoms in total. The van der Waals surface area contributed by atoms with Gasteiger partial charge in [0.25, 0.3) is 0 Å². The van der Waals surface area contributed by atoms with Crippen LogP contribution < -0.4 is 15.1 Å². The fourth-order valence-electron chi connectivity index (χ4n) is 3.23. The maximum Gasteiger partial charge on any atom is 0.243 e. The number of fused-ring (bicyclic) bond motifs is 3. The molecule has 0 radical (unpaired) electrons. The summed E-state index contributed by atoms with van der Waals surface area (Å²) in [4.78, 5) is 25.0. The number of aryl methyl sites for hydroxylation is 1. The van der Waals surface area contributed by atoms with Crippen LogP contribution in [0.15, 0.2) is 18.6 Å². The Morgan fingerprint density at radius 2 is 2.36 bits per heavy atom. The van der Waals surface area contributed by atoms with E-state index in [9.17, 15) is 4.79 Å². The van der Waals surface area contributed by atoms with E-state index in [0.29, 0.717) is 25.4 Å². The zero-order valence-electron chi connectivity index (χ0n) is 13.7. The van der Waals surface area contributed by atoms with Crippen molar-refractivity contribution in [1.29, 1.82) is 0 Å². The van der Waals surface area contributed by atoms with Crippen LogP contribution in [0, 0.1) is 0 Å². The van der Waals surface area contributed by atoms with Crippen molar-refractivity contribution in [2.75, 3.05) is 48.0 Å². The van der Waals surface area contributed by atoms with Gasteiger partial charge in [-0.3, -0.25) is 9.48 Å². The van der Waals surface area contributed by atoms with Crippen molar-refractivity contribution in [2.45, 2.75) is 6.04 Å². The van der Waals surface area contributed by atoms with Crippen molar-refractivity contribution in [3.8, 4) is 0 Å². The molecule has 0 aromatic carbocycles. The number of carbonyl (C=O) groups excluding carboxylic acids is 1. The first-order valence-electron chi connectivity index (χ1n) is 8.00. The van der Waals surface area contributed by atoms with Crippen molar-refractivity contribution in [1.82, 2.24) is 19.7 Å². The van der Waals surface area contributed by atoms with Crippen LogP contribution in [0.4, 0.5) is 17.2 Å². The van der Waals surface area contributed by atoms with E-state index in [1.807, 2.05) is 4.90 Å².